The molecule has 0 spiro atoms. The zero-order valence-electron chi connectivity index (χ0n) is 14.1. The summed E-state index contributed by atoms with van der Waals surface area (Å²) in [4.78, 5) is 10.6. The second kappa shape index (κ2) is 6.98. The predicted molar refractivity (Wildman–Crippen MR) is 92.5 cm³/mol. The number of fused-ring (bicyclic) bond motifs is 1. The Labute approximate surface area is 145 Å². The quantitative estimate of drug-likeness (QED) is 0.640. The van der Waals surface area contributed by atoms with Gasteiger partial charge in [-0.15, -0.1) is 0 Å². The van der Waals surface area contributed by atoms with Crippen LogP contribution in [0, 0.1) is 10.1 Å². The van der Waals surface area contributed by atoms with Crippen LogP contribution in [0.5, 0.6) is 17.2 Å². The molecule has 0 fully saturated rings. The maximum Gasteiger partial charge on any atom is 0.269 e. The van der Waals surface area contributed by atoms with Crippen molar-refractivity contribution in [2.75, 3.05) is 20.8 Å². The molecule has 25 heavy (non-hydrogen) atoms. The number of methoxy groups -OCH3 is 2. The SMILES string of the molecule is COc1cc2c(c(O)c1OC)C(Cc1cccc([N+](=O)[O-])c1)NCC2. The van der Waals surface area contributed by atoms with Crippen LogP contribution in [0.1, 0.15) is 22.7 Å². The summed E-state index contributed by atoms with van der Waals surface area (Å²) in [7, 11) is 3.02. The van der Waals surface area contributed by atoms with Gasteiger partial charge in [0.25, 0.3) is 5.69 Å². The molecule has 0 amide bonds. The molecule has 1 aliphatic heterocycles. The molecule has 0 bridgehead atoms. The highest BCUT2D eigenvalue weighted by atomic mass is 16.6. The number of ether oxygens (including phenoxy) is 2. The highest BCUT2D eigenvalue weighted by molar-refractivity contribution is 5.60. The summed E-state index contributed by atoms with van der Waals surface area (Å²) in [5.41, 5.74) is 2.64. The molecule has 0 saturated heterocycles. The predicted octanol–water partition coefficient (Wildman–Crippen LogP) is 2.75. The fourth-order valence-electron chi connectivity index (χ4n) is 3.33. The van der Waals surface area contributed by atoms with Crippen LogP contribution in [-0.4, -0.2) is 30.8 Å². The number of rotatable bonds is 5. The van der Waals surface area contributed by atoms with E-state index < -0.39 is 4.92 Å². The molecule has 3 rings (SSSR count). The van der Waals surface area contributed by atoms with Crippen molar-refractivity contribution in [1.29, 1.82) is 0 Å². The molecule has 1 unspecified atom stereocenters. The Morgan fingerprint density at radius 1 is 1.32 bits per heavy atom. The summed E-state index contributed by atoms with van der Waals surface area (Å²) in [6.45, 7) is 0.752. The van der Waals surface area contributed by atoms with Crippen LogP contribution < -0.4 is 14.8 Å². The van der Waals surface area contributed by atoms with Crippen LogP contribution in [0.15, 0.2) is 30.3 Å². The molecule has 7 heteroatoms. The monoisotopic (exact) mass is 344 g/mol. The van der Waals surface area contributed by atoms with Crippen LogP contribution in [0.3, 0.4) is 0 Å². The number of non-ortho nitro benzene ring substituents is 1. The largest absolute Gasteiger partial charge is 0.504 e. The minimum absolute atomic E-state index is 0.0551. The first kappa shape index (κ1) is 17.0. The van der Waals surface area contributed by atoms with E-state index in [1.807, 2.05) is 12.1 Å². The van der Waals surface area contributed by atoms with E-state index >= 15 is 0 Å². The second-order valence-electron chi connectivity index (χ2n) is 5.92. The van der Waals surface area contributed by atoms with Crippen molar-refractivity contribution in [3.05, 3.63) is 57.1 Å². The Kier molecular flexibility index (Phi) is 4.76. The minimum Gasteiger partial charge on any atom is -0.504 e. The number of nitro benzene ring substituents is 1. The molecule has 7 nitrogen and oxygen atoms in total. The zero-order valence-corrected chi connectivity index (χ0v) is 14.1. The molecule has 0 saturated carbocycles. The van der Waals surface area contributed by atoms with Crippen LogP contribution in [0.4, 0.5) is 5.69 Å². The minimum atomic E-state index is -0.406. The Bertz CT molecular complexity index is 806. The summed E-state index contributed by atoms with van der Waals surface area (Å²) in [5, 5.41) is 25.0. The molecule has 0 radical (unpaired) electrons. The molecule has 2 N–H and O–H groups in total. The van der Waals surface area contributed by atoms with Crippen molar-refractivity contribution in [1.82, 2.24) is 5.32 Å². The topological polar surface area (TPSA) is 93.9 Å². The average Bonchev–Trinajstić information content (AvgIpc) is 2.61. The third-order valence-electron chi connectivity index (χ3n) is 4.46. The number of nitrogens with zero attached hydrogens (tertiary/aromatic N) is 1. The highest BCUT2D eigenvalue weighted by Crippen LogP contribution is 2.45. The molecule has 1 heterocycles. The van der Waals surface area contributed by atoms with Crippen molar-refractivity contribution < 1.29 is 19.5 Å². The van der Waals surface area contributed by atoms with Gasteiger partial charge in [-0.05, 0) is 36.6 Å². The van der Waals surface area contributed by atoms with Gasteiger partial charge in [-0.3, -0.25) is 10.1 Å². The Morgan fingerprint density at radius 3 is 2.80 bits per heavy atom. The standard InChI is InChI=1S/C18H20N2O5/c1-24-15-10-12-6-7-19-14(16(12)17(21)18(15)25-2)9-11-4-3-5-13(8-11)20(22)23/h3-5,8,10,14,19,21H,6-7,9H2,1-2H3. The lowest BCUT2D eigenvalue weighted by Gasteiger charge is -2.29. The van der Waals surface area contributed by atoms with Crippen LogP contribution >= 0.6 is 0 Å². The van der Waals surface area contributed by atoms with Gasteiger partial charge in [0, 0.05) is 23.7 Å². The van der Waals surface area contributed by atoms with Crippen molar-refractivity contribution in [2.24, 2.45) is 0 Å². The number of phenols is 1. The van der Waals surface area contributed by atoms with Gasteiger partial charge in [0.1, 0.15) is 0 Å². The molecule has 0 aromatic heterocycles. The summed E-state index contributed by atoms with van der Waals surface area (Å²) in [6.07, 6.45) is 1.28. The van der Waals surface area contributed by atoms with Gasteiger partial charge in [-0.1, -0.05) is 12.1 Å². The van der Waals surface area contributed by atoms with E-state index in [1.54, 1.807) is 12.1 Å². The normalized spacial score (nSPS) is 16.2. The van der Waals surface area contributed by atoms with Gasteiger partial charge in [-0.25, -0.2) is 0 Å². The second-order valence-corrected chi connectivity index (χ2v) is 5.92. The van der Waals surface area contributed by atoms with Gasteiger partial charge in [0.15, 0.2) is 11.5 Å². The van der Waals surface area contributed by atoms with Crippen LogP contribution in [0.2, 0.25) is 0 Å². The van der Waals surface area contributed by atoms with Gasteiger partial charge >= 0.3 is 0 Å². The van der Waals surface area contributed by atoms with E-state index in [0.717, 1.165) is 29.7 Å². The maximum atomic E-state index is 11.0. The number of phenolic OH excluding ortho intramolecular Hbond substituents is 1. The van der Waals surface area contributed by atoms with Gasteiger partial charge in [-0.2, -0.15) is 0 Å². The number of hydrogen-bond donors (Lipinski definition) is 2. The molecule has 2 aromatic carbocycles. The average molecular weight is 344 g/mol. The molecule has 2 aromatic rings. The fraction of sp³-hybridized carbons (Fsp3) is 0.333. The number of nitro groups is 1. The first-order valence-corrected chi connectivity index (χ1v) is 7.98. The first-order chi connectivity index (χ1) is 12.0. The lowest BCUT2D eigenvalue weighted by molar-refractivity contribution is -0.384. The van der Waals surface area contributed by atoms with E-state index in [9.17, 15) is 15.2 Å². The number of benzene rings is 2. The number of aromatic hydroxyl groups is 1. The molecule has 1 aliphatic rings. The van der Waals surface area contributed by atoms with Crippen LogP contribution in [0.25, 0.3) is 0 Å². The molecule has 0 aliphatic carbocycles. The third kappa shape index (κ3) is 3.23. The zero-order chi connectivity index (χ0) is 18.0. The number of nitrogens with one attached hydrogen (secondary N) is 1. The van der Waals surface area contributed by atoms with Crippen molar-refractivity contribution in [2.45, 2.75) is 18.9 Å². The summed E-state index contributed by atoms with van der Waals surface area (Å²) in [6, 6.07) is 8.28. The van der Waals surface area contributed by atoms with E-state index in [4.69, 9.17) is 9.47 Å². The fourth-order valence-corrected chi connectivity index (χ4v) is 3.33. The highest BCUT2D eigenvalue weighted by Gasteiger charge is 2.28. The van der Waals surface area contributed by atoms with E-state index in [0.29, 0.717) is 17.9 Å². The maximum absolute atomic E-state index is 11.0. The third-order valence-corrected chi connectivity index (χ3v) is 4.46. The van der Waals surface area contributed by atoms with Crippen LogP contribution in [-0.2, 0) is 12.8 Å². The smallest absolute Gasteiger partial charge is 0.269 e. The first-order valence-electron chi connectivity index (χ1n) is 7.98. The molecule has 1 atom stereocenters. The Hall–Kier alpha value is -2.80. The number of hydrogen-bond acceptors (Lipinski definition) is 6. The molecular weight excluding hydrogens is 324 g/mol. The summed E-state index contributed by atoms with van der Waals surface area (Å²) >= 11 is 0. The van der Waals surface area contributed by atoms with Gasteiger partial charge in [0.2, 0.25) is 5.75 Å². The van der Waals surface area contributed by atoms with E-state index in [1.165, 1.54) is 20.3 Å². The Balaban J connectivity index is 1.99. The summed E-state index contributed by atoms with van der Waals surface area (Å²) < 4.78 is 10.6. The summed E-state index contributed by atoms with van der Waals surface area (Å²) in [5.74, 6) is 0.850. The van der Waals surface area contributed by atoms with E-state index in [-0.39, 0.29) is 17.5 Å². The van der Waals surface area contributed by atoms with Crippen molar-refractivity contribution >= 4 is 5.69 Å². The molecular formula is C18H20N2O5. The molecule has 132 valence electrons. The Morgan fingerprint density at radius 2 is 2.12 bits per heavy atom. The van der Waals surface area contributed by atoms with E-state index in [2.05, 4.69) is 5.32 Å². The lowest BCUT2D eigenvalue weighted by Crippen LogP contribution is -2.31. The van der Waals surface area contributed by atoms with Crippen molar-refractivity contribution in [3.63, 3.8) is 0 Å². The van der Waals surface area contributed by atoms with Gasteiger partial charge in [0.05, 0.1) is 19.1 Å². The van der Waals surface area contributed by atoms with Gasteiger partial charge < -0.3 is 19.9 Å². The van der Waals surface area contributed by atoms with Crippen molar-refractivity contribution in [3.8, 4) is 17.2 Å². The lowest BCUT2D eigenvalue weighted by atomic mass is 9.89.